The number of methoxy groups -OCH3 is 1. The molecule has 1 fully saturated rings. The van der Waals surface area contributed by atoms with Crippen molar-refractivity contribution >= 4 is 11.6 Å². The normalized spacial score (nSPS) is 15.2. The molecule has 1 aromatic heterocycles. The molecule has 0 atom stereocenters. The predicted molar refractivity (Wildman–Crippen MR) is 91.7 cm³/mol. The highest BCUT2D eigenvalue weighted by atomic mass is 35.5. The highest BCUT2D eigenvalue weighted by molar-refractivity contribution is 6.31. The summed E-state index contributed by atoms with van der Waals surface area (Å²) in [5, 5.41) is 0.614. The Morgan fingerprint density at radius 1 is 1.17 bits per heavy atom. The van der Waals surface area contributed by atoms with Gasteiger partial charge in [0.2, 0.25) is 5.88 Å². The summed E-state index contributed by atoms with van der Waals surface area (Å²) in [5.74, 6) is 1.27. The minimum Gasteiger partial charge on any atom is -0.493 e. The van der Waals surface area contributed by atoms with Crippen molar-refractivity contribution in [2.75, 3.05) is 26.9 Å². The zero-order chi connectivity index (χ0) is 16.8. The SMILES string of the molecule is COc1cc(-c2cc(Cl)cc(OCCC3OCCCO3)c2)ccn1. The summed E-state index contributed by atoms with van der Waals surface area (Å²) in [6.07, 6.45) is 3.16. The standard InChI is InChI=1S/C18H20ClNO4/c1-21-17-11-13(3-5-20-17)14-9-15(19)12-16(10-14)22-8-4-18-23-6-2-7-24-18/h3,5,9-12,18H,2,4,6-8H2,1H3. The second-order valence-corrected chi connectivity index (χ2v) is 5.86. The fourth-order valence-corrected chi connectivity index (χ4v) is 2.71. The van der Waals surface area contributed by atoms with Gasteiger partial charge in [0.15, 0.2) is 6.29 Å². The molecule has 0 aliphatic carbocycles. The van der Waals surface area contributed by atoms with Gasteiger partial charge >= 0.3 is 0 Å². The first-order chi connectivity index (χ1) is 11.7. The number of benzene rings is 1. The highest BCUT2D eigenvalue weighted by Crippen LogP contribution is 2.30. The molecule has 0 unspecified atom stereocenters. The molecule has 1 aromatic carbocycles. The number of rotatable bonds is 6. The Bertz CT molecular complexity index is 674. The van der Waals surface area contributed by atoms with Crippen LogP contribution in [-0.2, 0) is 9.47 Å². The average molecular weight is 350 g/mol. The largest absolute Gasteiger partial charge is 0.493 e. The Labute approximate surface area is 146 Å². The van der Waals surface area contributed by atoms with E-state index in [0.717, 1.165) is 30.8 Å². The molecule has 2 heterocycles. The van der Waals surface area contributed by atoms with Crippen LogP contribution in [0.1, 0.15) is 12.8 Å². The predicted octanol–water partition coefficient (Wildman–Crippen LogP) is 3.94. The van der Waals surface area contributed by atoms with E-state index in [1.807, 2.05) is 24.3 Å². The van der Waals surface area contributed by atoms with Crippen molar-refractivity contribution in [1.29, 1.82) is 0 Å². The molecule has 24 heavy (non-hydrogen) atoms. The molecule has 2 aromatic rings. The summed E-state index contributed by atoms with van der Waals surface area (Å²) < 4.78 is 22.0. The van der Waals surface area contributed by atoms with Crippen molar-refractivity contribution < 1.29 is 18.9 Å². The van der Waals surface area contributed by atoms with Crippen molar-refractivity contribution in [2.45, 2.75) is 19.1 Å². The Hall–Kier alpha value is -1.82. The zero-order valence-electron chi connectivity index (χ0n) is 13.5. The van der Waals surface area contributed by atoms with Gasteiger partial charge in [-0.15, -0.1) is 0 Å². The van der Waals surface area contributed by atoms with Gasteiger partial charge in [-0.2, -0.15) is 0 Å². The maximum absolute atomic E-state index is 6.22. The smallest absolute Gasteiger partial charge is 0.213 e. The van der Waals surface area contributed by atoms with Gasteiger partial charge in [-0.3, -0.25) is 0 Å². The fourth-order valence-electron chi connectivity index (χ4n) is 2.49. The van der Waals surface area contributed by atoms with E-state index in [0.29, 0.717) is 29.7 Å². The van der Waals surface area contributed by atoms with Crippen LogP contribution in [-0.4, -0.2) is 38.2 Å². The molecular formula is C18H20ClNO4. The molecule has 6 heteroatoms. The van der Waals surface area contributed by atoms with Gasteiger partial charge in [-0.1, -0.05) is 11.6 Å². The van der Waals surface area contributed by atoms with Crippen LogP contribution < -0.4 is 9.47 Å². The van der Waals surface area contributed by atoms with Gasteiger partial charge in [0, 0.05) is 23.7 Å². The molecule has 0 bridgehead atoms. The van der Waals surface area contributed by atoms with Gasteiger partial charge in [0.25, 0.3) is 0 Å². The van der Waals surface area contributed by atoms with E-state index in [2.05, 4.69) is 4.98 Å². The molecule has 3 rings (SSSR count). The van der Waals surface area contributed by atoms with Crippen LogP contribution in [0.2, 0.25) is 5.02 Å². The van der Waals surface area contributed by atoms with Crippen LogP contribution in [0.3, 0.4) is 0 Å². The molecule has 1 aliphatic rings. The average Bonchev–Trinajstić information content (AvgIpc) is 2.62. The topological polar surface area (TPSA) is 49.8 Å². The van der Waals surface area contributed by atoms with Gasteiger partial charge in [-0.05, 0) is 41.8 Å². The van der Waals surface area contributed by atoms with Gasteiger partial charge < -0.3 is 18.9 Å². The van der Waals surface area contributed by atoms with Crippen molar-refractivity contribution in [3.05, 3.63) is 41.6 Å². The van der Waals surface area contributed by atoms with Crippen LogP contribution in [0, 0.1) is 0 Å². The van der Waals surface area contributed by atoms with E-state index in [-0.39, 0.29) is 6.29 Å². The van der Waals surface area contributed by atoms with Gasteiger partial charge in [0.05, 0.1) is 26.9 Å². The lowest BCUT2D eigenvalue weighted by molar-refractivity contribution is -0.183. The van der Waals surface area contributed by atoms with E-state index < -0.39 is 0 Å². The molecule has 128 valence electrons. The lowest BCUT2D eigenvalue weighted by atomic mass is 10.1. The van der Waals surface area contributed by atoms with Crippen LogP contribution in [0.4, 0.5) is 0 Å². The molecule has 5 nitrogen and oxygen atoms in total. The van der Waals surface area contributed by atoms with Crippen LogP contribution in [0.5, 0.6) is 11.6 Å². The number of aromatic nitrogens is 1. The molecular weight excluding hydrogens is 330 g/mol. The third kappa shape index (κ3) is 4.60. The Kier molecular flexibility index (Phi) is 5.91. The van der Waals surface area contributed by atoms with Crippen LogP contribution in [0.15, 0.2) is 36.5 Å². The van der Waals surface area contributed by atoms with E-state index in [1.165, 1.54) is 0 Å². The third-order valence-electron chi connectivity index (χ3n) is 3.67. The maximum Gasteiger partial charge on any atom is 0.213 e. The van der Waals surface area contributed by atoms with Crippen molar-refractivity contribution in [2.24, 2.45) is 0 Å². The first-order valence-electron chi connectivity index (χ1n) is 7.91. The molecule has 0 amide bonds. The number of nitrogens with zero attached hydrogens (tertiary/aromatic N) is 1. The molecule has 0 N–H and O–H groups in total. The van der Waals surface area contributed by atoms with Crippen molar-refractivity contribution in [3.8, 4) is 22.8 Å². The van der Waals surface area contributed by atoms with Crippen molar-refractivity contribution in [1.82, 2.24) is 4.98 Å². The van der Waals surface area contributed by atoms with E-state index in [9.17, 15) is 0 Å². The van der Waals surface area contributed by atoms with Crippen LogP contribution in [0.25, 0.3) is 11.1 Å². The minimum absolute atomic E-state index is 0.179. The first-order valence-corrected chi connectivity index (χ1v) is 8.29. The molecule has 0 saturated carbocycles. The molecule has 1 saturated heterocycles. The van der Waals surface area contributed by atoms with Crippen LogP contribution >= 0.6 is 11.6 Å². The minimum atomic E-state index is -0.179. The van der Waals surface area contributed by atoms with Gasteiger partial charge in [-0.25, -0.2) is 4.98 Å². The zero-order valence-corrected chi connectivity index (χ0v) is 14.3. The number of hydrogen-bond acceptors (Lipinski definition) is 5. The highest BCUT2D eigenvalue weighted by Gasteiger charge is 2.14. The van der Waals surface area contributed by atoms with E-state index >= 15 is 0 Å². The number of pyridine rings is 1. The number of hydrogen-bond donors (Lipinski definition) is 0. The Balaban J connectivity index is 1.66. The molecule has 1 aliphatic heterocycles. The monoisotopic (exact) mass is 349 g/mol. The lowest BCUT2D eigenvalue weighted by Gasteiger charge is -2.23. The number of halogens is 1. The quantitative estimate of drug-likeness (QED) is 0.790. The van der Waals surface area contributed by atoms with E-state index in [1.54, 1.807) is 19.4 Å². The Morgan fingerprint density at radius 3 is 2.79 bits per heavy atom. The second kappa shape index (κ2) is 8.33. The van der Waals surface area contributed by atoms with Crippen molar-refractivity contribution in [3.63, 3.8) is 0 Å². The summed E-state index contributed by atoms with van der Waals surface area (Å²) in [4.78, 5) is 4.12. The molecule has 0 radical (unpaired) electrons. The molecule has 0 spiro atoms. The summed E-state index contributed by atoms with van der Waals surface area (Å²) in [7, 11) is 1.59. The summed E-state index contributed by atoms with van der Waals surface area (Å²) >= 11 is 6.22. The Morgan fingerprint density at radius 2 is 2.00 bits per heavy atom. The van der Waals surface area contributed by atoms with Gasteiger partial charge in [0.1, 0.15) is 5.75 Å². The lowest BCUT2D eigenvalue weighted by Crippen LogP contribution is -2.26. The summed E-state index contributed by atoms with van der Waals surface area (Å²) in [5.41, 5.74) is 1.91. The summed E-state index contributed by atoms with van der Waals surface area (Å²) in [6.45, 7) is 2.00. The summed E-state index contributed by atoms with van der Waals surface area (Å²) in [6, 6.07) is 9.40. The maximum atomic E-state index is 6.22. The first kappa shape index (κ1) is 17.0. The fraction of sp³-hybridized carbons (Fsp3) is 0.389. The van der Waals surface area contributed by atoms with E-state index in [4.69, 9.17) is 30.5 Å². The second-order valence-electron chi connectivity index (χ2n) is 5.42. The third-order valence-corrected chi connectivity index (χ3v) is 3.89. The number of ether oxygens (including phenoxy) is 4.